The van der Waals surface area contributed by atoms with Gasteiger partial charge in [-0.3, -0.25) is 0 Å². The van der Waals surface area contributed by atoms with Crippen molar-refractivity contribution in [2.75, 3.05) is 17.6 Å². The summed E-state index contributed by atoms with van der Waals surface area (Å²) in [5.74, 6) is 0.617. The number of halogens is 2. The summed E-state index contributed by atoms with van der Waals surface area (Å²) in [6.07, 6.45) is 2.15. The molecule has 0 aliphatic heterocycles. The number of anilines is 2. The molecule has 0 saturated heterocycles. The Labute approximate surface area is 113 Å². The Morgan fingerprint density at radius 3 is 2.89 bits per heavy atom. The molecule has 3 N–H and O–H groups in total. The van der Waals surface area contributed by atoms with E-state index in [-0.39, 0.29) is 11.8 Å². The number of rotatable bonds is 4. The van der Waals surface area contributed by atoms with Gasteiger partial charge in [0.15, 0.2) is 0 Å². The minimum Gasteiger partial charge on any atom is -0.369 e. The second-order valence-electron chi connectivity index (χ2n) is 3.69. The molecule has 4 nitrogen and oxygen atoms in total. The van der Waals surface area contributed by atoms with E-state index in [0.717, 1.165) is 4.47 Å². The van der Waals surface area contributed by atoms with Crippen molar-refractivity contribution in [3.8, 4) is 0 Å². The van der Waals surface area contributed by atoms with Crippen molar-refractivity contribution < 1.29 is 4.39 Å². The Morgan fingerprint density at radius 1 is 1.33 bits per heavy atom. The molecular weight excluding hydrogens is 299 g/mol. The van der Waals surface area contributed by atoms with Gasteiger partial charge >= 0.3 is 0 Å². The number of hydrogen-bond donors (Lipinski definition) is 2. The lowest BCUT2D eigenvalue weighted by molar-refractivity contribution is 0.610. The van der Waals surface area contributed by atoms with Crippen LogP contribution in [0.5, 0.6) is 0 Å². The zero-order valence-corrected chi connectivity index (χ0v) is 11.1. The molecule has 0 amide bonds. The number of hydrogen-bond acceptors (Lipinski definition) is 4. The molecule has 1 aromatic carbocycles. The maximum atomic E-state index is 13.4. The van der Waals surface area contributed by atoms with Crippen molar-refractivity contribution in [3.63, 3.8) is 0 Å². The topological polar surface area (TPSA) is 63.8 Å². The lowest BCUT2D eigenvalue weighted by Gasteiger charge is -2.08. The minimum absolute atomic E-state index is 0.194. The van der Waals surface area contributed by atoms with Gasteiger partial charge in [0, 0.05) is 12.7 Å². The van der Waals surface area contributed by atoms with Gasteiger partial charge in [-0.25, -0.2) is 9.37 Å². The summed E-state index contributed by atoms with van der Waals surface area (Å²) in [7, 11) is 0. The SMILES string of the molecule is Nc1ncc(Br)c(NCCc2ccccc2F)n1. The van der Waals surface area contributed by atoms with Crippen LogP contribution in [0.3, 0.4) is 0 Å². The smallest absolute Gasteiger partial charge is 0.221 e. The quantitative estimate of drug-likeness (QED) is 0.911. The first-order valence-corrected chi connectivity index (χ1v) is 6.21. The first kappa shape index (κ1) is 12.8. The molecule has 1 aromatic heterocycles. The van der Waals surface area contributed by atoms with Crippen molar-refractivity contribution in [3.05, 3.63) is 46.3 Å². The van der Waals surface area contributed by atoms with E-state index in [1.807, 2.05) is 6.07 Å². The number of nitrogens with zero attached hydrogens (tertiary/aromatic N) is 2. The van der Waals surface area contributed by atoms with E-state index >= 15 is 0 Å². The highest BCUT2D eigenvalue weighted by molar-refractivity contribution is 9.10. The predicted octanol–water partition coefficient (Wildman–Crippen LogP) is 2.62. The van der Waals surface area contributed by atoms with Crippen LogP contribution in [0.1, 0.15) is 5.56 Å². The third-order valence-electron chi connectivity index (χ3n) is 2.41. The van der Waals surface area contributed by atoms with Crippen molar-refractivity contribution in [1.29, 1.82) is 0 Å². The van der Waals surface area contributed by atoms with E-state index in [0.29, 0.717) is 24.3 Å². The summed E-state index contributed by atoms with van der Waals surface area (Å²) in [4.78, 5) is 7.88. The summed E-state index contributed by atoms with van der Waals surface area (Å²) in [6.45, 7) is 0.565. The Hall–Kier alpha value is -1.69. The Balaban J connectivity index is 1.96. The molecule has 2 rings (SSSR count). The van der Waals surface area contributed by atoms with Gasteiger partial charge in [0.2, 0.25) is 5.95 Å². The first-order chi connectivity index (χ1) is 8.66. The standard InChI is InChI=1S/C12H12BrFN4/c13-9-7-17-12(15)18-11(9)16-6-5-8-3-1-2-4-10(8)14/h1-4,7H,5-6H2,(H3,15,16,17,18). The lowest BCUT2D eigenvalue weighted by atomic mass is 10.1. The highest BCUT2D eigenvalue weighted by atomic mass is 79.9. The molecule has 94 valence electrons. The van der Waals surface area contributed by atoms with Crippen LogP contribution in [0, 0.1) is 5.82 Å². The van der Waals surface area contributed by atoms with Crippen LogP contribution in [0.2, 0.25) is 0 Å². The molecular formula is C12H12BrFN4. The van der Waals surface area contributed by atoms with E-state index in [9.17, 15) is 4.39 Å². The van der Waals surface area contributed by atoms with E-state index in [1.165, 1.54) is 6.07 Å². The predicted molar refractivity (Wildman–Crippen MR) is 72.7 cm³/mol. The monoisotopic (exact) mass is 310 g/mol. The largest absolute Gasteiger partial charge is 0.369 e. The summed E-state index contributed by atoms with van der Waals surface area (Å²) in [5.41, 5.74) is 6.16. The molecule has 0 fully saturated rings. The molecule has 0 spiro atoms. The average Bonchev–Trinajstić information content (AvgIpc) is 2.36. The van der Waals surface area contributed by atoms with Crippen molar-refractivity contribution in [2.45, 2.75) is 6.42 Å². The third kappa shape index (κ3) is 3.16. The highest BCUT2D eigenvalue weighted by Crippen LogP contribution is 2.19. The number of nitrogen functional groups attached to an aromatic ring is 1. The molecule has 0 aliphatic carbocycles. The third-order valence-corrected chi connectivity index (χ3v) is 2.99. The van der Waals surface area contributed by atoms with Gasteiger partial charge in [0.25, 0.3) is 0 Å². The van der Waals surface area contributed by atoms with Crippen LogP contribution in [0.25, 0.3) is 0 Å². The van der Waals surface area contributed by atoms with Gasteiger partial charge in [-0.05, 0) is 34.0 Å². The normalized spacial score (nSPS) is 10.3. The molecule has 18 heavy (non-hydrogen) atoms. The van der Waals surface area contributed by atoms with Crippen LogP contribution < -0.4 is 11.1 Å². The molecule has 0 atom stereocenters. The molecule has 0 aliphatic rings. The minimum atomic E-state index is -0.194. The van der Waals surface area contributed by atoms with Gasteiger partial charge in [-0.15, -0.1) is 0 Å². The molecule has 0 saturated carbocycles. The Bertz CT molecular complexity index is 547. The zero-order valence-electron chi connectivity index (χ0n) is 9.53. The van der Waals surface area contributed by atoms with Crippen molar-refractivity contribution in [2.24, 2.45) is 0 Å². The summed E-state index contributed by atoms with van der Waals surface area (Å²) in [6, 6.07) is 6.71. The number of nitrogens with one attached hydrogen (secondary N) is 1. The number of benzene rings is 1. The summed E-state index contributed by atoms with van der Waals surface area (Å²) < 4.78 is 14.1. The fourth-order valence-corrected chi connectivity index (χ4v) is 1.85. The second kappa shape index (κ2) is 5.77. The zero-order chi connectivity index (χ0) is 13.0. The second-order valence-corrected chi connectivity index (χ2v) is 4.55. The fraction of sp³-hybridized carbons (Fsp3) is 0.167. The highest BCUT2D eigenvalue weighted by Gasteiger charge is 2.04. The van der Waals surface area contributed by atoms with Crippen molar-refractivity contribution in [1.82, 2.24) is 9.97 Å². The summed E-state index contributed by atoms with van der Waals surface area (Å²) >= 11 is 3.31. The molecule has 0 unspecified atom stereocenters. The van der Waals surface area contributed by atoms with Gasteiger partial charge in [0.1, 0.15) is 11.6 Å². The maximum Gasteiger partial charge on any atom is 0.221 e. The average molecular weight is 311 g/mol. The van der Waals surface area contributed by atoms with E-state index < -0.39 is 0 Å². The number of nitrogens with two attached hydrogens (primary N) is 1. The summed E-state index contributed by atoms with van der Waals surface area (Å²) in [5, 5.41) is 3.08. The van der Waals surface area contributed by atoms with Gasteiger partial charge < -0.3 is 11.1 Å². The number of aromatic nitrogens is 2. The molecule has 1 heterocycles. The lowest BCUT2D eigenvalue weighted by Crippen LogP contribution is -2.09. The van der Waals surface area contributed by atoms with E-state index in [2.05, 4.69) is 31.2 Å². The maximum absolute atomic E-state index is 13.4. The van der Waals surface area contributed by atoms with Gasteiger partial charge in [-0.1, -0.05) is 18.2 Å². The Kier molecular flexibility index (Phi) is 4.09. The molecule has 2 aromatic rings. The molecule has 6 heteroatoms. The Morgan fingerprint density at radius 2 is 2.11 bits per heavy atom. The van der Waals surface area contributed by atoms with E-state index in [4.69, 9.17) is 5.73 Å². The molecule has 0 radical (unpaired) electrons. The van der Waals surface area contributed by atoms with Gasteiger partial charge in [-0.2, -0.15) is 4.98 Å². The first-order valence-electron chi connectivity index (χ1n) is 5.42. The molecule has 0 bridgehead atoms. The fourth-order valence-electron chi connectivity index (χ4n) is 1.52. The van der Waals surface area contributed by atoms with Crippen LogP contribution >= 0.6 is 15.9 Å². The van der Waals surface area contributed by atoms with Crippen LogP contribution in [-0.2, 0) is 6.42 Å². The van der Waals surface area contributed by atoms with Crippen molar-refractivity contribution >= 4 is 27.7 Å². The van der Waals surface area contributed by atoms with Crippen LogP contribution in [0.15, 0.2) is 34.9 Å². The van der Waals surface area contributed by atoms with E-state index in [1.54, 1.807) is 18.3 Å². The van der Waals surface area contributed by atoms with Crippen LogP contribution in [-0.4, -0.2) is 16.5 Å². The van der Waals surface area contributed by atoms with Crippen LogP contribution in [0.4, 0.5) is 16.2 Å². The van der Waals surface area contributed by atoms with Gasteiger partial charge in [0.05, 0.1) is 4.47 Å².